The van der Waals surface area contributed by atoms with Gasteiger partial charge in [0.25, 0.3) is 0 Å². The highest BCUT2D eigenvalue weighted by molar-refractivity contribution is 6.22. The maximum Gasteiger partial charge on any atom is 0.0725 e. The molecule has 0 fully saturated rings. The van der Waals surface area contributed by atoms with Crippen molar-refractivity contribution in [3.8, 4) is 112 Å². The fourth-order valence-electron chi connectivity index (χ4n) is 12.4. The Kier molecular flexibility index (Phi) is 8.54. The normalized spacial score (nSPS) is 12.9. The van der Waals surface area contributed by atoms with E-state index in [4.69, 9.17) is 4.98 Å². The van der Waals surface area contributed by atoms with Crippen LogP contribution in [-0.2, 0) is 5.41 Å². The van der Waals surface area contributed by atoms with E-state index in [1.165, 1.54) is 88.7 Å². The Morgan fingerprint density at radius 3 is 1.31 bits per heavy atom. The predicted octanol–water partition coefficient (Wildman–Crippen LogP) is 16.4. The summed E-state index contributed by atoms with van der Waals surface area (Å²) in [5.41, 5.74) is 27.8. The average Bonchev–Trinajstić information content (AvgIpc) is 4.05. The van der Waals surface area contributed by atoms with Crippen molar-refractivity contribution in [1.29, 1.82) is 0 Å². The second-order valence-corrected chi connectivity index (χ2v) is 18.9. The fraction of sp³-hybridized carbons (Fsp3) is 0.0149. The highest BCUT2D eigenvalue weighted by atomic mass is 14.7. The lowest BCUT2D eigenvalue weighted by Gasteiger charge is -2.31. The van der Waals surface area contributed by atoms with E-state index in [9.17, 15) is 0 Å². The molecule has 4 aromatic heterocycles. The average molecular weight is 901 g/mol. The molecule has 0 atom stereocenters. The van der Waals surface area contributed by atoms with Gasteiger partial charge in [-0.05, 0) is 201 Å². The minimum absolute atomic E-state index is 0.560. The van der Waals surface area contributed by atoms with Crippen molar-refractivity contribution in [3.05, 3.63) is 266 Å². The molecule has 0 radical (unpaired) electrons. The van der Waals surface area contributed by atoms with Crippen molar-refractivity contribution in [1.82, 2.24) is 19.9 Å². The van der Waals surface area contributed by atoms with Gasteiger partial charge in [-0.1, -0.05) is 127 Å². The molecule has 0 saturated carbocycles. The fourth-order valence-corrected chi connectivity index (χ4v) is 12.4. The zero-order valence-corrected chi connectivity index (χ0v) is 38.4. The topological polar surface area (TPSA) is 51.6 Å². The lowest BCUT2D eigenvalue weighted by molar-refractivity contribution is 0.794. The maximum atomic E-state index is 5.62. The summed E-state index contributed by atoms with van der Waals surface area (Å²) in [6.45, 7) is 0. The van der Waals surface area contributed by atoms with Crippen LogP contribution in [0.3, 0.4) is 0 Å². The Morgan fingerprint density at radius 1 is 0.254 bits per heavy atom. The van der Waals surface area contributed by atoms with Crippen LogP contribution in [0.25, 0.3) is 122 Å². The molecule has 0 amide bonds. The molecule has 4 heteroatoms. The highest BCUT2D eigenvalue weighted by Crippen LogP contribution is 2.67. The summed E-state index contributed by atoms with van der Waals surface area (Å²) < 4.78 is 0. The molecule has 4 nitrogen and oxygen atoms in total. The molecular weight excluding hydrogens is 861 g/mol. The summed E-state index contributed by atoms with van der Waals surface area (Å²) in [5.74, 6) is 0. The van der Waals surface area contributed by atoms with Crippen LogP contribution in [0.5, 0.6) is 0 Å². The Balaban J connectivity index is 1.09. The van der Waals surface area contributed by atoms with Crippen molar-refractivity contribution in [2.75, 3.05) is 0 Å². The third kappa shape index (κ3) is 5.79. The van der Waals surface area contributed by atoms with Gasteiger partial charge in [-0.2, -0.15) is 0 Å². The number of pyridine rings is 4. The second-order valence-electron chi connectivity index (χ2n) is 18.9. The molecule has 0 N–H and O–H groups in total. The number of rotatable bonds is 6. The molecule has 0 saturated heterocycles. The van der Waals surface area contributed by atoms with Gasteiger partial charge < -0.3 is 0 Å². The van der Waals surface area contributed by atoms with Crippen LogP contribution in [0.4, 0.5) is 0 Å². The van der Waals surface area contributed by atoms with Gasteiger partial charge in [0.2, 0.25) is 0 Å². The van der Waals surface area contributed by atoms with Crippen LogP contribution in [-0.4, -0.2) is 19.9 Å². The van der Waals surface area contributed by atoms with Gasteiger partial charge in [0.15, 0.2) is 0 Å². The van der Waals surface area contributed by atoms with Crippen molar-refractivity contribution in [3.63, 3.8) is 0 Å². The summed E-state index contributed by atoms with van der Waals surface area (Å²) in [4.78, 5) is 18.7. The van der Waals surface area contributed by atoms with E-state index < -0.39 is 5.41 Å². The lowest BCUT2D eigenvalue weighted by Crippen LogP contribution is -2.26. The first-order valence-electron chi connectivity index (χ1n) is 24.2. The summed E-state index contributed by atoms with van der Waals surface area (Å²) >= 11 is 0. The van der Waals surface area contributed by atoms with Crippen molar-refractivity contribution >= 4 is 10.8 Å². The largest absolute Gasteiger partial charge is 0.265 e. The zero-order valence-electron chi connectivity index (χ0n) is 38.4. The Bertz CT molecular complexity index is 4010. The van der Waals surface area contributed by atoms with Crippen molar-refractivity contribution in [2.45, 2.75) is 5.41 Å². The first kappa shape index (κ1) is 39.6. The molecule has 4 heterocycles. The Hall–Kier alpha value is -9.38. The van der Waals surface area contributed by atoms with E-state index in [0.29, 0.717) is 0 Å². The lowest BCUT2D eigenvalue weighted by atomic mass is 9.69. The quantitative estimate of drug-likeness (QED) is 0.167. The van der Waals surface area contributed by atoms with Crippen molar-refractivity contribution < 1.29 is 0 Å². The molecular formula is C67H40N4. The third-order valence-corrected chi connectivity index (χ3v) is 15.3. The molecule has 328 valence electrons. The number of nitrogens with zero attached hydrogens (tertiary/aromatic N) is 4. The summed E-state index contributed by atoms with van der Waals surface area (Å²) in [7, 11) is 0. The van der Waals surface area contributed by atoms with Gasteiger partial charge in [-0.15, -0.1) is 0 Å². The number of aromatic nitrogens is 4. The van der Waals surface area contributed by atoms with E-state index in [1.807, 2.05) is 37.2 Å². The summed E-state index contributed by atoms with van der Waals surface area (Å²) in [6, 6.07) is 76.4. The number of fused-ring (bicyclic) bond motifs is 13. The van der Waals surface area contributed by atoms with Gasteiger partial charge in [0.1, 0.15) is 0 Å². The summed E-state index contributed by atoms with van der Waals surface area (Å²) in [5, 5.41) is 2.50. The van der Waals surface area contributed by atoms with Crippen LogP contribution in [0.1, 0.15) is 22.3 Å². The van der Waals surface area contributed by atoms with Crippen LogP contribution in [0.15, 0.2) is 243 Å². The molecule has 3 aliphatic carbocycles. The number of hydrogen-bond acceptors (Lipinski definition) is 4. The highest BCUT2D eigenvalue weighted by Gasteiger charge is 2.53. The van der Waals surface area contributed by atoms with Crippen LogP contribution < -0.4 is 0 Å². The minimum atomic E-state index is -0.560. The first-order chi connectivity index (χ1) is 35.2. The zero-order chi connectivity index (χ0) is 46.6. The van der Waals surface area contributed by atoms with Gasteiger partial charge in [-0.3, -0.25) is 15.0 Å². The molecule has 8 aromatic carbocycles. The smallest absolute Gasteiger partial charge is 0.0725 e. The van der Waals surface area contributed by atoms with Crippen LogP contribution >= 0.6 is 0 Å². The van der Waals surface area contributed by atoms with Gasteiger partial charge in [0.05, 0.1) is 16.8 Å². The standard InChI is InChI=1S/C67H40N4/c1-4-19-57-51(15-1)52-16-2-5-20-58(52)67(57)59-21-6-3-17-53(59)66-60(67)40-56-55-37-49(43-26-32-70-33-27-43)36-48-14-9-18-54(63(48)55)65(56)64(66)50-38-61(46-12-7-10-44(34-46)41-22-28-68-29-23-41)71-62(39-50)47-13-8-11-45(35-47)42-24-30-69-31-25-42/h1-40H. The number of benzene rings is 8. The van der Waals surface area contributed by atoms with E-state index in [2.05, 4.69) is 221 Å². The van der Waals surface area contributed by atoms with E-state index in [0.717, 1.165) is 55.9 Å². The first-order valence-corrected chi connectivity index (χ1v) is 24.2. The second kappa shape index (κ2) is 15.3. The van der Waals surface area contributed by atoms with Gasteiger partial charge >= 0.3 is 0 Å². The summed E-state index contributed by atoms with van der Waals surface area (Å²) in [6.07, 6.45) is 11.2. The van der Waals surface area contributed by atoms with E-state index in [1.54, 1.807) is 0 Å². The molecule has 12 aromatic rings. The number of hydrogen-bond donors (Lipinski definition) is 0. The van der Waals surface area contributed by atoms with Crippen molar-refractivity contribution in [2.24, 2.45) is 0 Å². The van der Waals surface area contributed by atoms with Crippen LogP contribution in [0.2, 0.25) is 0 Å². The Labute approximate surface area is 411 Å². The molecule has 0 bridgehead atoms. The molecule has 15 rings (SSSR count). The van der Waals surface area contributed by atoms with E-state index >= 15 is 0 Å². The van der Waals surface area contributed by atoms with E-state index in [-0.39, 0.29) is 0 Å². The predicted molar refractivity (Wildman–Crippen MR) is 288 cm³/mol. The molecule has 0 aliphatic heterocycles. The maximum absolute atomic E-state index is 5.62. The SMILES string of the molecule is c1cc(-c2ccncc2)cc(-c2cc(-c3c4c(cc5c3-c3ccccc3C53c5ccccc5-c5ccccc53)-c3cc(-c5ccncc5)cc5cccc-4c35)cc(-c3cccc(-c4ccncc4)c3)n2)c1. The Morgan fingerprint density at radius 2 is 0.732 bits per heavy atom. The molecule has 1 spiro atoms. The minimum Gasteiger partial charge on any atom is -0.265 e. The molecule has 0 unspecified atom stereocenters. The van der Waals surface area contributed by atoms with Gasteiger partial charge in [-0.25, -0.2) is 4.98 Å². The monoisotopic (exact) mass is 900 g/mol. The van der Waals surface area contributed by atoms with Crippen LogP contribution in [0, 0.1) is 0 Å². The third-order valence-electron chi connectivity index (χ3n) is 15.3. The van der Waals surface area contributed by atoms with Gasteiger partial charge in [0, 0.05) is 48.3 Å². The molecule has 71 heavy (non-hydrogen) atoms. The molecule has 3 aliphatic rings.